The lowest BCUT2D eigenvalue weighted by Crippen LogP contribution is -2.30. The zero-order valence-corrected chi connectivity index (χ0v) is 13.3. The van der Waals surface area contributed by atoms with E-state index in [1.165, 1.54) is 24.3 Å². The average Bonchev–Trinajstić information content (AvgIpc) is 2.61. The van der Waals surface area contributed by atoms with Crippen molar-refractivity contribution in [2.75, 3.05) is 20.3 Å². The Balaban J connectivity index is 1.70. The largest absolute Gasteiger partial charge is 0.497 e. The summed E-state index contributed by atoms with van der Waals surface area (Å²) >= 11 is 0. The highest BCUT2D eigenvalue weighted by Gasteiger charge is 2.05. The molecule has 0 saturated heterocycles. The van der Waals surface area contributed by atoms with Gasteiger partial charge in [0.25, 0.3) is 5.91 Å². The number of nitrogens with one attached hydrogen (secondary N) is 1. The summed E-state index contributed by atoms with van der Waals surface area (Å²) in [6.07, 6.45) is 0.711. The number of amides is 1. The van der Waals surface area contributed by atoms with Crippen molar-refractivity contribution in [3.8, 4) is 11.5 Å². The van der Waals surface area contributed by atoms with Gasteiger partial charge in [0, 0.05) is 6.54 Å². The molecule has 24 heavy (non-hydrogen) atoms. The molecular weight excluding hydrogens is 310 g/mol. The number of methoxy groups -OCH3 is 1. The molecule has 6 nitrogen and oxygen atoms in total. The van der Waals surface area contributed by atoms with Gasteiger partial charge in [-0.05, 0) is 48.4 Å². The van der Waals surface area contributed by atoms with Crippen LogP contribution in [0.2, 0.25) is 0 Å². The van der Waals surface area contributed by atoms with Gasteiger partial charge in [-0.1, -0.05) is 12.1 Å². The maximum Gasteiger partial charge on any atom is 0.335 e. The number of aromatic carboxylic acids is 1. The third-order valence-corrected chi connectivity index (χ3v) is 3.37. The molecule has 0 aliphatic heterocycles. The predicted octanol–water partition coefficient (Wildman–Crippen LogP) is 2.13. The highest BCUT2D eigenvalue weighted by Crippen LogP contribution is 2.12. The Morgan fingerprint density at radius 3 is 2.21 bits per heavy atom. The molecule has 0 heterocycles. The van der Waals surface area contributed by atoms with Crippen LogP contribution in [0.25, 0.3) is 0 Å². The third kappa shape index (κ3) is 5.31. The Labute approximate surface area is 140 Å². The number of benzene rings is 2. The highest BCUT2D eigenvalue weighted by molar-refractivity contribution is 5.87. The van der Waals surface area contributed by atoms with Crippen LogP contribution in [0.5, 0.6) is 11.5 Å². The molecule has 1 amide bonds. The van der Waals surface area contributed by atoms with Crippen molar-refractivity contribution < 1.29 is 24.2 Å². The summed E-state index contributed by atoms with van der Waals surface area (Å²) in [5, 5.41) is 11.6. The summed E-state index contributed by atoms with van der Waals surface area (Å²) in [6.45, 7) is 0.390. The number of rotatable bonds is 8. The quantitative estimate of drug-likeness (QED) is 0.775. The van der Waals surface area contributed by atoms with Gasteiger partial charge in [-0.3, -0.25) is 4.79 Å². The van der Waals surface area contributed by atoms with Gasteiger partial charge >= 0.3 is 5.97 Å². The van der Waals surface area contributed by atoms with Crippen molar-refractivity contribution in [3.05, 3.63) is 59.7 Å². The molecule has 0 saturated carbocycles. The van der Waals surface area contributed by atoms with Crippen LogP contribution in [0.1, 0.15) is 15.9 Å². The number of hydrogen-bond donors (Lipinski definition) is 2. The van der Waals surface area contributed by atoms with Gasteiger partial charge in [0.2, 0.25) is 0 Å². The van der Waals surface area contributed by atoms with Crippen molar-refractivity contribution >= 4 is 11.9 Å². The fourth-order valence-corrected chi connectivity index (χ4v) is 2.03. The van der Waals surface area contributed by atoms with Crippen LogP contribution < -0.4 is 14.8 Å². The van der Waals surface area contributed by atoms with E-state index in [-0.39, 0.29) is 18.1 Å². The first kappa shape index (κ1) is 17.3. The summed E-state index contributed by atoms with van der Waals surface area (Å²) in [5.41, 5.74) is 1.27. The second-order valence-corrected chi connectivity index (χ2v) is 5.07. The van der Waals surface area contributed by atoms with Crippen LogP contribution >= 0.6 is 0 Å². The van der Waals surface area contributed by atoms with Gasteiger partial charge in [-0.2, -0.15) is 0 Å². The maximum absolute atomic E-state index is 11.7. The SMILES string of the molecule is COc1ccc(CCNC(=O)COc2ccc(C(=O)O)cc2)cc1. The molecule has 0 radical (unpaired) electrons. The van der Waals surface area contributed by atoms with Gasteiger partial charge < -0.3 is 19.9 Å². The van der Waals surface area contributed by atoms with Crippen molar-refractivity contribution in [3.63, 3.8) is 0 Å². The number of ether oxygens (including phenoxy) is 2. The Kier molecular flexibility index (Phi) is 6.19. The first-order chi connectivity index (χ1) is 11.6. The van der Waals surface area contributed by atoms with E-state index in [0.717, 1.165) is 11.3 Å². The van der Waals surface area contributed by atoms with E-state index in [1.54, 1.807) is 7.11 Å². The molecule has 0 bridgehead atoms. The number of hydrogen-bond acceptors (Lipinski definition) is 4. The van der Waals surface area contributed by atoms with E-state index < -0.39 is 5.97 Å². The zero-order valence-electron chi connectivity index (χ0n) is 13.3. The Morgan fingerprint density at radius 2 is 1.62 bits per heavy atom. The Morgan fingerprint density at radius 1 is 1.00 bits per heavy atom. The fraction of sp³-hybridized carbons (Fsp3) is 0.222. The zero-order chi connectivity index (χ0) is 17.4. The Hall–Kier alpha value is -3.02. The molecule has 6 heteroatoms. The number of carboxylic acid groups (broad SMARTS) is 1. The van der Waals surface area contributed by atoms with Gasteiger partial charge in [-0.25, -0.2) is 4.79 Å². The minimum Gasteiger partial charge on any atom is -0.497 e. The molecule has 0 aliphatic carbocycles. The standard InChI is InChI=1S/C18H19NO5/c1-23-15-6-2-13(3-7-15)10-11-19-17(20)12-24-16-8-4-14(5-9-16)18(21)22/h2-9H,10-12H2,1H3,(H,19,20)(H,21,22). The number of carboxylic acids is 1. The van der Waals surface area contributed by atoms with E-state index in [2.05, 4.69) is 5.32 Å². The van der Waals surface area contributed by atoms with Crippen LogP contribution in [0.4, 0.5) is 0 Å². The normalized spacial score (nSPS) is 10.0. The first-order valence-electron chi connectivity index (χ1n) is 7.44. The molecule has 0 atom stereocenters. The van der Waals surface area contributed by atoms with Crippen LogP contribution in [0.3, 0.4) is 0 Å². The molecule has 0 aliphatic rings. The van der Waals surface area contributed by atoms with E-state index in [1.807, 2.05) is 24.3 Å². The van der Waals surface area contributed by atoms with Crippen LogP contribution in [-0.2, 0) is 11.2 Å². The average molecular weight is 329 g/mol. The van der Waals surface area contributed by atoms with E-state index in [0.29, 0.717) is 18.7 Å². The molecule has 2 aromatic carbocycles. The molecule has 126 valence electrons. The van der Waals surface area contributed by atoms with Crippen LogP contribution in [0, 0.1) is 0 Å². The lowest BCUT2D eigenvalue weighted by molar-refractivity contribution is -0.123. The van der Waals surface area contributed by atoms with Gasteiger partial charge in [0.15, 0.2) is 6.61 Å². The van der Waals surface area contributed by atoms with Crippen LogP contribution in [-0.4, -0.2) is 37.2 Å². The topological polar surface area (TPSA) is 84.9 Å². The van der Waals surface area contributed by atoms with Gasteiger partial charge in [0.1, 0.15) is 11.5 Å². The molecule has 0 spiro atoms. The van der Waals surface area contributed by atoms with Crippen molar-refractivity contribution in [1.29, 1.82) is 0 Å². The van der Waals surface area contributed by atoms with E-state index in [4.69, 9.17) is 14.6 Å². The molecule has 2 rings (SSSR count). The molecular formula is C18H19NO5. The monoisotopic (exact) mass is 329 g/mol. The molecule has 0 aromatic heterocycles. The third-order valence-electron chi connectivity index (χ3n) is 3.37. The lowest BCUT2D eigenvalue weighted by atomic mass is 10.1. The minimum atomic E-state index is -1.00. The fourth-order valence-electron chi connectivity index (χ4n) is 2.03. The smallest absolute Gasteiger partial charge is 0.335 e. The highest BCUT2D eigenvalue weighted by atomic mass is 16.5. The van der Waals surface area contributed by atoms with Crippen LogP contribution in [0.15, 0.2) is 48.5 Å². The second-order valence-electron chi connectivity index (χ2n) is 5.07. The molecule has 2 aromatic rings. The molecule has 0 unspecified atom stereocenters. The molecule has 2 N–H and O–H groups in total. The van der Waals surface area contributed by atoms with E-state index >= 15 is 0 Å². The van der Waals surface area contributed by atoms with E-state index in [9.17, 15) is 9.59 Å². The summed E-state index contributed by atoms with van der Waals surface area (Å²) in [5.74, 6) is 0.0130. The minimum absolute atomic E-state index is 0.116. The summed E-state index contributed by atoms with van der Waals surface area (Å²) < 4.78 is 10.4. The van der Waals surface area contributed by atoms with Gasteiger partial charge in [-0.15, -0.1) is 0 Å². The number of carbonyl (C=O) groups excluding carboxylic acids is 1. The first-order valence-corrected chi connectivity index (χ1v) is 7.44. The lowest BCUT2D eigenvalue weighted by Gasteiger charge is -2.08. The maximum atomic E-state index is 11.7. The van der Waals surface area contributed by atoms with Gasteiger partial charge in [0.05, 0.1) is 12.7 Å². The number of carbonyl (C=O) groups is 2. The van der Waals surface area contributed by atoms with Crippen molar-refractivity contribution in [1.82, 2.24) is 5.32 Å². The summed E-state index contributed by atoms with van der Waals surface area (Å²) in [4.78, 5) is 22.5. The van der Waals surface area contributed by atoms with Crippen molar-refractivity contribution in [2.24, 2.45) is 0 Å². The molecule has 0 fully saturated rings. The predicted molar refractivity (Wildman–Crippen MR) is 88.6 cm³/mol. The summed E-state index contributed by atoms with van der Waals surface area (Å²) in [7, 11) is 1.62. The summed E-state index contributed by atoms with van der Waals surface area (Å²) in [6, 6.07) is 13.6. The second kappa shape index (κ2) is 8.57. The van der Waals surface area contributed by atoms with Crippen molar-refractivity contribution in [2.45, 2.75) is 6.42 Å². The Bertz CT molecular complexity index is 680.